The molecule has 0 aliphatic carbocycles. The summed E-state index contributed by atoms with van der Waals surface area (Å²) in [6, 6.07) is 17.8. The van der Waals surface area contributed by atoms with Crippen LogP contribution in [-0.4, -0.2) is 31.4 Å². The van der Waals surface area contributed by atoms with Crippen LogP contribution in [0.4, 0.5) is 18.9 Å². The van der Waals surface area contributed by atoms with Crippen LogP contribution in [0.5, 0.6) is 5.75 Å². The molecule has 0 aliphatic rings. The molecule has 0 unspecified atom stereocenters. The highest BCUT2D eigenvalue weighted by atomic mass is 32.2. The molecule has 1 N–H and O–H groups in total. The van der Waals surface area contributed by atoms with Gasteiger partial charge in [-0.3, -0.25) is 14.3 Å². The minimum Gasteiger partial charge on any atom is -0.406 e. The van der Waals surface area contributed by atoms with Gasteiger partial charge in [0.15, 0.2) is 5.78 Å². The van der Waals surface area contributed by atoms with E-state index in [1.165, 1.54) is 24.3 Å². The molecule has 0 amide bonds. The number of anilines is 1. The summed E-state index contributed by atoms with van der Waals surface area (Å²) < 4.78 is 67.6. The van der Waals surface area contributed by atoms with Gasteiger partial charge in [-0.1, -0.05) is 42.1 Å². The summed E-state index contributed by atoms with van der Waals surface area (Å²) in [6.45, 7) is 0. The molecular weight excluding hydrogens is 479 g/mol. The molecule has 0 radical (unpaired) electrons. The Balaban J connectivity index is 1.60. The summed E-state index contributed by atoms with van der Waals surface area (Å²) in [4.78, 5) is 24.1. The van der Waals surface area contributed by atoms with E-state index in [-0.39, 0.29) is 27.2 Å². The molecule has 3 aromatic carbocycles. The summed E-state index contributed by atoms with van der Waals surface area (Å²) in [5, 5.41) is -0.236. The number of ether oxygens (including phenoxy) is 1. The number of benzene rings is 3. The van der Waals surface area contributed by atoms with Crippen LogP contribution in [0.1, 0.15) is 20.7 Å². The van der Waals surface area contributed by atoms with Crippen molar-refractivity contribution in [1.82, 2.24) is 0 Å². The number of alkyl halides is 3. The highest BCUT2D eigenvalue weighted by Crippen LogP contribution is 2.25. The summed E-state index contributed by atoms with van der Waals surface area (Å²) in [5.41, 5.74) is 0.924. The van der Waals surface area contributed by atoms with E-state index < -0.39 is 22.1 Å². The molecule has 3 aromatic rings. The second-order valence-electron chi connectivity index (χ2n) is 6.57. The number of hydrogen-bond donors (Lipinski definition) is 1. The van der Waals surface area contributed by atoms with Crippen molar-refractivity contribution in [3.63, 3.8) is 0 Å². The van der Waals surface area contributed by atoms with Crippen LogP contribution >= 0.6 is 11.8 Å². The molecule has 0 heterocycles. The van der Waals surface area contributed by atoms with Crippen LogP contribution in [0.3, 0.4) is 0 Å². The lowest BCUT2D eigenvalue weighted by Crippen LogP contribution is -2.17. The Kier molecular flexibility index (Phi) is 7.44. The average molecular weight is 496 g/mol. The number of hydrogen-bond acceptors (Lipinski definition) is 6. The van der Waals surface area contributed by atoms with Gasteiger partial charge < -0.3 is 4.74 Å². The van der Waals surface area contributed by atoms with E-state index in [9.17, 15) is 31.2 Å². The molecule has 11 heteroatoms. The fourth-order valence-corrected chi connectivity index (χ4v) is 4.42. The van der Waals surface area contributed by atoms with Gasteiger partial charge >= 0.3 is 6.36 Å². The number of carbonyl (C=O) groups excluding carboxylic acids is 2. The quantitative estimate of drug-likeness (QED) is 0.435. The number of carbonyl (C=O) groups is 2. The predicted octanol–water partition coefficient (Wildman–Crippen LogP) is 5.14. The number of thioether (sulfide) groups is 1. The first-order valence-corrected chi connectivity index (χ1v) is 11.7. The number of sulfonamides is 1. The topological polar surface area (TPSA) is 89.5 Å². The summed E-state index contributed by atoms with van der Waals surface area (Å²) in [6.07, 6.45) is -4.88. The molecule has 6 nitrogen and oxygen atoms in total. The van der Waals surface area contributed by atoms with Gasteiger partial charge in [-0.05, 0) is 48.5 Å². The van der Waals surface area contributed by atoms with E-state index in [0.717, 1.165) is 36.0 Å². The number of rotatable bonds is 8. The zero-order valence-electron chi connectivity index (χ0n) is 16.7. The largest absolute Gasteiger partial charge is 0.573 e. The maximum Gasteiger partial charge on any atom is 0.573 e. The van der Waals surface area contributed by atoms with Crippen molar-refractivity contribution in [3.8, 4) is 5.75 Å². The zero-order chi connectivity index (χ0) is 24.1. The highest BCUT2D eigenvalue weighted by Gasteiger charge is 2.31. The number of halogens is 3. The van der Waals surface area contributed by atoms with Gasteiger partial charge in [0.05, 0.1) is 10.6 Å². The Bertz CT molecular complexity index is 1230. The SMILES string of the molecule is O=C(CSC(=O)c1ccccc1)c1ccc(NS(=O)(=O)c2ccc(OC(F)(F)F)cc2)cc1. The summed E-state index contributed by atoms with van der Waals surface area (Å²) in [7, 11) is -4.08. The van der Waals surface area contributed by atoms with Crippen LogP contribution in [0.2, 0.25) is 0 Å². The molecule has 0 atom stereocenters. The van der Waals surface area contributed by atoms with Crippen molar-refractivity contribution < 1.29 is 35.9 Å². The second kappa shape index (κ2) is 10.1. The zero-order valence-corrected chi connectivity index (χ0v) is 18.3. The van der Waals surface area contributed by atoms with E-state index in [1.807, 2.05) is 0 Å². The molecule has 0 fully saturated rings. The average Bonchev–Trinajstić information content (AvgIpc) is 2.77. The molecule has 0 aliphatic heterocycles. The van der Waals surface area contributed by atoms with E-state index in [1.54, 1.807) is 30.3 Å². The Morgan fingerprint density at radius 3 is 2.03 bits per heavy atom. The Morgan fingerprint density at radius 2 is 1.45 bits per heavy atom. The van der Waals surface area contributed by atoms with E-state index in [4.69, 9.17) is 0 Å². The van der Waals surface area contributed by atoms with Gasteiger partial charge in [-0.15, -0.1) is 13.2 Å². The van der Waals surface area contributed by atoms with Crippen molar-refractivity contribution in [3.05, 3.63) is 90.0 Å². The molecule has 0 saturated heterocycles. The van der Waals surface area contributed by atoms with Gasteiger partial charge in [0, 0.05) is 16.8 Å². The highest BCUT2D eigenvalue weighted by molar-refractivity contribution is 8.14. The van der Waals surface area contributed by atoms with Gasteiger partial charge in [0.1, 0.15) is 5.75 Å². The molecule has 0 aromatic heterocycles. The molecule has 0 bridgehead atoms. The monoisotopic (exact) mass is 495 g/mol. The minimum absolute atomic E-state index is 0.0782. The van der Waals surface area contributed by atoms with Crippen molar-refractivity contribution in [2.24, 2.45) is 0 Å². The van der Waals surface area contributed by atoms with Crippen LogP contribution in [0.25, 0.3) is 0 Å². The van der Waals surface area contributed by atoms with Crippen molar-refractivity contribution in [1.29, 1.82) is 0 Å². The second-order valence-corrected chi connectivity index (χ2v) is 9.20. The van der Waals surface area contributed by atoms with Crippen LogP contribution in [0, 0.1) is 0 Å². The maximum atomic E-state index is 12.4. The predicted molar refractivity (Wildman–Crippen MR) is 118 cm³/mol. The minimum atomic E-state index is -4.88. The lowest BCUT2D eigenvalue weighted by atomic mass is 10.1. The third kappa shape index (κ3) is 7.09. The van der Waals surface area contributed by atoms with Crippen molar-refractivity contribution >= 4 is 38.4 Å². The van der Waals surface area contributed by atoms with E-state index in [2.05, 4.69) is 9.46 Å². The van der Waals surface area contributed by atoms with Crippen molar-refractivity contribution in [2.75, 3.05) is 10.5 Å². The van der Waals surface area contributed by atoms with Crippen LogP contribution in [-0.2, 0) is 10.0 Å². The fourth-order valence-electron chi connectivity index (χ4n) is 2.63. The standard InChI is InChI=1S/C22H16F3NO5S2/c23-22(24,25)31-18-10-12-19(13-11-18)33(29,30)26-17-8-6-15(7-9-17)20(27)14-32-21(28)16-4-2-1-3-5-16/h1-13,26H,14H2. The molecule has 0 spiro atoms. The lowest BCUT2D eigenvalue weighted by molar-refractivity contribution is -0.274. The third-order valence-corrected chi connectivity index (χ3v) is 6.47. The number of Topliss-reactive ketones (excluding diaryl/α,β-unsaturated/α-hetero) is 1. The smallest absolute Gasteiger partial charge is 0.406 e. The van der Waals surface area contributed by atoms with E-state index >= 15 is 0 Å². The first-order chi connectivity index (χ1) is 15.5. The fraction of sp³-hybridized carbons (Fsp3) is 0.0909. The summed E-state index contributed by atoms with van der Waals surface area (Å²) >= 11 is 0.868. The number of nitrogens with one attached hydrogen (secondary N) is 1. The normalized spacial score (nSPS) is 11.6. The van der Waals surface area contributed by atoms with Gasteiger partial charge in [-0.2, -0.15) is 0 Å². The maximum absolute atomic E-state index is 12.4. The lowest BCUT2D eigenvalue weighted by Gasteiger charge is -2.11. The third-order valence-electron chi connectivity index (χ3n) is 4.17. The first kappa shape index (κ1) is 24.3. The van der Waals surface area contributed by atoms with E-state index in [0.29, 0.717) is 11.1 Å². The van der Waals surface area contributed by atoms with Gasteiger partial charge in [-0.25, -0.2) is 8.42 Å². The Hall–Kier alpha value is -3.31. The molecular formula is C22H16F3NO5S2. The van der Waals surface area contributed by atoms with Crippen molar-refractivity contribution in [2.45, 2.75) is 11.3 Å². The molecule has 172 valence electrons. The van der Waals surface area contributed by atoms with Crippen LogP contribution in [0.15, 0.2) is 83.8 Å². The van der Waals surface area contributed by atoms with Crippen LogP contribution < -0.4 is 9.46 Å². The van der Waals surface area contributed by atoms with Gasteiger partial charge in [0.2, 0.25) is 5.12 Å². The Labute approximate surface area is 191 Å². The van der Waals surface area contributed by atoms with Gasteiger partial charge in [0.25, 0.3) is 10.0 Å². The molecule has 0 saturated carbocycles. The summed E-state index contributed by atoms with van der Waals surface area (Å²) in [5.74, 6) is -0.933. The molecule has 33 heavy (non-hydrogen) atoms. The number of ketones is 1. The first-order valence-electron chi connectivity index (χ1n) is 9.27. The molecule has 3 rings (SSSR count). The Morgan fingerprint density at radius 1 is 0.848 bits per heavy atom.